The van der Waals surface area contributed by atoms with E-state index in [1.165, 1.54) is 0 Å². The molecule has 1 aliphatic rings. The maximum atomic E-state index is 13.0. The summed E-state index contributed by atoms with van der Waals surface area (Å²) < 4.78 is 0. The number of anilines is 3. The molecule has 8 nitrogen and oxygen atoms in total. The standard InChI is InChI=1S/C20H25N7O/c1-20(2,3)9-16(28)27-11-13(8-12-6-4-5-7-15(12)27)23-17-14-10-22-26-18(14)25-19(21)24-17/h4-7,10,13H,8-9,11H2,1-3H3,(H4,21,22,23,24,25,26). The fraction of sp³-hybridized carbons (Fsp3) is 0.400. The van der Waals surface area contributed by atoms with E-state index in [1.54, 1.807) is 6.20 Å². The number of hydrogen-bond donors (Lipinski definition) is 3. The van der Waals surface area contributed by atoms with Crippen LogP contribution in [0.4, 0.5) is 17.5 Å². The number of nitrogen functional groups attached to an aromatic ring is 1. The Kier molecular flexibility index (Phi) is 4.41. The van der Waals surface area contributed by atoms with Crippen LogP contribution < -0.4 is 16.0 Å². The van der Waals surface area contributed by atoms with Crippen LogP contribution in [0.25, 0.3) is 11.0 Å². The second kappa shape index (κ2) is 6.78. The number of carbonyl (C=O) groups excluding carboxylic acids is 1. The molecule has 1 unspecified atom stereocenters. The molecule has 28 heavy (non-hydrogen) atoms. The van der Waals surface area contributed by atoms with Crippen molar-refractivity contribution >= 4 is 34.4 Å². The molecular formula is C20H25N7O. The summed E-state index contributed by atoms with van der Waals surface area (Å²) in [4.78, 5) is 23.4. The van der Waals surface area contributed by atoms with Gasteiger partial charge < -0.3 is 16.0 Å². The maximum absolute atomic E-state index is 13.0. The van der Waals surface area contributed by atoms with Gasteiger partial charge in [-0.3, -0.25) is 9.89 Å². The fourth-order valence-electron chi connectivity index (χ4n) is 3.63. The number of amides is 1. The lowest BCUT2D eigenvalue weighted by Crippen LogP contribution is -2.46. The number of fused-ring (bicyclic) bond motifs is 2. The van der Waals surface area contributed by atoms with Gasteiger partial charge in [-0.25, -0.2) is 0 Å². The van der Waals surface area contributed by atoms with Crippen molar-refractivity contribution in [2.45, 2.75) is 39.7 Å². The molecule has 8 heteroatoms. The molecule has 4 rings (SSSR count). The van der Waals surface area contributed by atoms with Gasteiger partial charge in [0.1, 0.15) is 5.82 Å². The number of hydrogen-bond acceptors (Lipinski definition) is 6. The molecule has 4 N–H and O–H groups in total. The average molecular weight is 379 g/mol. The zero-order valence-corrected chi connectivity index (χ0v) is 16.4. The van der Waals surface area contributed by atoms with Gasteiger partial charge in [0.15, 0.2) is 5.65 Å². The van der Waals surface area contributed by atoms with Crippen LogP contribution in [-0.2, 0) is 11.2 Å². The van der Waals surface area contributed by atoms with Gasteiger partial charge in [0.25, 0.3) is 0 Å². The Morgan fingerprint density at radius 2 is 2.11 bits per heavy atom. The van der Waals surface area contributed by atoms with Crippen LogP contribution in [0.15, 0.2) is 30.5 Å². The molecule has 0 aliphatic carbocycles. The number of benzene rings is 1. The van der Waals surface area contributed by atoms with E-state index < -0.39 is 0 Å². The summed E-state index contributed by atoms with van der Waals surface area (Å²) in [5.41, 5.74) is 8.48. The summed E-state index contributed by atoms with van der Waals surface area (Å²) >= 11 is 0. The summed E-state index contributed by atoms with van der Waals surface area (Å²) in [6.07, 6.45) is 2.95. The van der Waals surface area contributed by atoms with Crippen LogP contribution >= 0.6 is 0 Å². The first-order valence-electron chi connectivity index (χ1n) is 9.41. The van der Waals surface area contributed by atoms with Crippen molar-refractivity contribution in [3.8, 4) is 0 Å². The average Bonchev–Trinajstić information content (AvgIpc) is 3.08. The summed E-state index contributed by atoms with van der Waals surface area (Å²) in [5, 5.41) is 11.1. The van der Waals surface area contributed by atoms with Crippen molar-refractivity contribution in [3.05, 3.63) is 36.0 Å². The number of nitrogens with one attached hydrogen (secondary N) is 2. The number of H-pyrrole nitrogens is 1. The molecule has 0 saturated carbocycles. The third kappa shape index (κ3) is 3.62. The number of para-hydroxylation sites is 1. The molecule has 0 bridgehead atoms. The van der Waals surface area contributed by atoms with Crippen molar-refractivity contribution in [3.63, 3.8) is 0 Å². The SMILES string of the molecule is CC(C)(C)CC(=O)N1CC(Nc2nc(N)nc3[nH]ncc23)Cc2ccccc21. The van der Waals surface area contributed by atoms with Crippen LogP contribution in [0, 0.1) is 5.41 Å². The Morgan fingerprint density at radius 1 is 1.32 bits per heavy atom. The Labute approximate surface area is 163 Å². The minimum absolute atomic E-state index is 0.00576. The summed E-state index contributed by atoms with van der Waals surface area (Å²) in [7, 11) is 0. The second-order valence-corrected chi connectivity index (χ2v) is 8.48. The first kappa shape index (κ1) is 18.2. The molecule has 0 radical (unpaired) electrons. The molecule has 1 aromatic carbocycles. The lowest BCUT2D eigenvalue weighted by Gasteiger charge is -2.36. The van der Waals surface area contributed by atoms with E-state index >= 15 is 0 Å². The van der Waals surface area contributed by atoms with Crippen molar-refractivity contribution < 1.29 is 4.79 Å². The molecular weight excluding hydrogens is 354 g/mol. The summed E-state index contributed by atoms with van der Waals surface area (Å²) in [6, 6.07) is 8.08. The highest BCUT2D eigenvalue weighted by Crippen LogP contribution is 2.31. The van der Waals surface area contributed by atoms with E-state index in [9.17, 15) is 4.79 Å². The molecule has 0 saturated heterocycles. The van der Waals surface area contributed by atoms with E-state index in [0.717, 1.165) is 23.1 Å². The predicted octanol–water partition coefficient (Wildman–Crippen LogP) is 2.74. The highest BCUT2D eigenvalue weighted by Gasteiger charge is 2.30. The van der Waals surface area contributed by atoms with Crippen molar-refractivity contribution in [1.82, 2.24) is 20.2 Å². The Balaban J connectivity index is 1.64. The second-order valence-electron chi connectivity index (χ2n) is 8.48. The lowest BCUT2D eigenvalue weighted by atomic mass is 9.90. The van der Waals surface area contributed by atoms with Gasteiger partial charge in [0.2, 0.25) is 11.9 Å². The number of carbonyl (C=O) groups is 1. The third-order valence-corrected chi connectivity index (χ3v) is 4.80. The molecule has 146 valence electrons. The highest BCUT2D eigenvalue weighted by atomic mass is 16.2. The summed E-state index contributed by atoms with van der Waals surface area (Å²) in [6.45, 7) is 6.80. The summed E-state index contributed by atoms with van der Waals surface area (Å²) in [5.74, 6) is 0.932. The topological polar surface area (TPSA) is 113 Å². The molecule has 1 atom stereocenters. The Morgan fingerprint density at radius 3 is 2.89 bits per heavy atom. The van der Waals surface area contributed by atoms with Crippen LogP contribution in [-0.4, -0.2) is 38.7 Å². The zero-order valence-electron chi connectivity index (χ0n) is 16.4. The van der Waals surface area contributed by atoms with Gasteiger partial charge in [-0.2, -0.15) is 15.1 Å². The first-order chi connectivity index (χ1) is 13.3. The quantitative estimate of drug-likeness (QED) is 0.645. The van der Waals surface area contributed by atoms with E-state index in [4.69, 9.17) is 5.73 Å². The van der Waals surface area contributed by atoms with Crippen LogP contribution in [0.5, 0.6) is 0 Å². The highest BCUT2D eigenvalue weighted by molar-refractivity contribution is 5.95. The number of nitrogens with two attached hydrogens (primary N) is 1. The van der Waals surface area contributed by atoms with Gasteiger partial charge in [0, 0.05) is 24.7 Å². The van der Waals surface area contributed by atoms with Gasteiger partial charge in [-0.1, -0.05) is 39.0 Å². The predicted molar refractivity (Wildman–Crippen MR) is 110 cm³/mol. The molecule has 1 amide bonds. The maximum Gasteiger partial charge on any atom is 0.227 e. The van der Waals surface area contributed by atoms with Crippen LogP contribution in [0.1, 0.15) is 32.8 Å². The number of aromatic amines is 1. The van der Waals surface area contributed by atoms with Gasteiger partial charge in [-0.15, -0.1) is 0 Å². The normalized spacial score (nSPS) is 16.8. The largest absolute Gasteiger partial charge is 0.368 e. The number of aromatic nitrogens is 4. The van der Waals surface area contributed by atoms with E-state index in [0.29, 0.717) is 24.4 Å². The molecule has 2 aromatic heterocycles. The smallest absolute Gasteiger partial charge is 0.227 e. The van der Waals surface area contributed by atoms with Crippen LogP contribution in [0.3, 0.4) is 0 Å². The van der Waals surface area contributed by atoms with Gasteiger partial charge in [-0.05, 0) is 23.5 Å². The fourth-order valence-corrected chi connectivity index (χ4v) is 3.63. The van der Waals surface area contributed by atoms with Crippen molar-refractivity contribution in [2.75, 3.05) is 22.5 Å². The Bertz CT molecular complexity index is 1020. The number of rotatable bonds is 3. The van der Waals surface area contributed by atoms with Gasteiger partial charge in [0.05, 0.1) is 11.6 Å². The van der Waals surface area contributed by atoms with Crippen LogP contribution in [0.2, 0.25) is 0 Å². The minimum atomic E-state index is -0.0730. The van der Waals surface area contributed by atoms with E-state index in [1.807, 2.05) is 23.1 Å². The minimum Gasteiger partial charge on any atom is -0.368 e. The molecule has 3 aromatic rings. The third-order valence-electron chi connectivity index (χ3n) is 4.80. The molecule has 0 spiro atoms. The molecule has 1 aliphatic heterocycles. The molecule has 3 heterocycles. The van der Waals surface area contributed by atoms with E-state index in [2.05, 4.69) is 52.3 Å². The lowest BCUT2D eigenvalue weighted by molar-refractivity contribution is -0.120. The molecule has 0 fully saturated rings. The Hall–Kier alpha value is -3.16. The first-order valence-corrected chi connectivity index (χ1v) is 9.41. The monoisotopic (exact) mass is 379 g/mol. The zero-order chi connectivity index (χ0) is 19.9. The van der Waals surface area contributed by atoms with Crippen molar-refractivity contribution in [1.29, 1.82) is 0 Å². The van der Waals surface area contributed by atoms with Gasteiger partial charge >= 0.3 is 0 Å². The van der Waals surface area contributed by atoms with Crippen molar-refractivity contribution in [2.24, 2.45) is 5.41 Å². The van der Waals surface area contributed by atoms with E-state index in [-0.39, 0.29) is 23.3 Å². The number of nitrogens with zero attached hydrogens (tertiary/aromatic N) is 4.